The van der Waals surface area contributed by atoms with E-state index in [4.69, 9.17) is 4.74 Å². The first kappa shape index (κ1) is 34.6. The number of amides is 1. The number of nitrogens with zero attached hydrogens (tertiary/aromatic N) is 4. The summed E-state index contributed by atoms with van der Waals surface area (Å²) in [5.41, 5.74) is 0.172. The maximum Gasteiger partial charge on any atom is 0.408 e. The van der Waals surface area contributed by atoms with Gasteiger partial charge in [0.05, 0.1) is 19.1 Å². The second-order valence-corrected chi connectivity index (χ2v) is 13.1. The Hall–Kier alpha value is -4.77. The smallest absolute Gasteiger partial charge is 0.408 e. The fourth-order valence-corrected chi connectivity index (χ4v) is 6.02. The first-order chi connectivity index (χ1) is 22.9. The van der Waals surface area contributed by atoms with Crippen molar-refractivity contribution in [3.05, 3.63) is 134 Å². The fraction of sp³-hybridized carbons (Fsp3) is 0.378. The Labute approximate surface area is 279 Å². The number of piperazine rings is 1. The SMILES string of the molecule is Cc1c(N2CCN(CCc3ccccc3)CC2)c(=O)n(CC(NC(=O)OC(C)(C)C)c2ccccc2)c(=O)n1Cc1c(F)cccc1F. The summed E-state index contributed by atoms with van der Waals surface area (Å²) in [6.07, 6.45) is 0.189. The van der Waals surface area contributed by atoms with Gasteiger partial charge in [-0.1, -0.05) is 66.7 Å². The van der Waals surface area contributed by atoms with Crippen LogP contribution in [0.25, 0.3) is 0 Å². The van der Waals surface area contributed by atoms with Crippen LogP contribution in [0.2, 0.25) is 0 Å². The van der Waals surface area contributed by atoms with Crippen molar-refractivity contribution in [2.45, 2.75) is 58.8 Å². The average Bonchev–Trinajstić information content (AvgIpc) is 3.05. The standard InChI is InChI=1S/C37H43F2N5O4/c1-26-33(42-22-20-41(21-23-42)19-18-27-12-7-5-8-13-27)34(45)44(36(47)43(26)24-29-30(38)16-11-17-31(29)39)25-32(28-14-9-6-10-15-28)40-35(46)48-37(2,3)4/h5-17,32H,18-25H2,1-4H3,(H,40,46). The van der Waals surface area contributed by atoms with Gasteiger partial charge in [0.25, 0.3) is 5.56 Å². The summed E-state index contributed by atoms with van der Waals surface area (Å²) in [5, 5.41) is 2.82. The fourth-order valence-electron chi connectivity index (χ4n) is 6.02. The molecule has 5 rings (SSSR count). The summed E-state index contributed by atoms with van der Waals surface area (Å²) in [4.78, 5) is 45.7. The molecular weight excluding hydrogens is 616 g/mol. The number of halogens is 2. The van der Waals surface area contributed by atoms with E-state index in [9.17, 15) is 23.2 Å². The van der Waals surface area contributed by atoms with E-state index in [-0.39, 0.29) is 17.8 Å². The number of anilines is 1. The van der Waals surface area contributed by atoms with Crippen molar-refractivity contribution in [1.82, 2.24) is 19.4 Å². The summed E-state index contributed by atoms with van der Waals surface area (Å²) in [6, 6.07) is 21.9. The van der Waals surface area contributed by atoms with Gasteiger partial charge in [-0.15, -0.1) is 0 Å². The topological polar surface area (TPSA) is 88.8 Å². The lowest BCUT2D eigenvalue weighted by Crippen LogP contribution is -2.52. The molecule has 0 aliphatic carbocycles. The first-order valence-electron chi connectivity index (χ1n) is 16.2. The zero-order chi connectivity index (χ0) is 34.4. The molecule has 2 heterocycles. The van der Waals surface area contributed by atoms with Gasteiger partial charge >= 0.3 is 11.8 Å². The molecule has 4 aromatic rings. The van der Waals surface area contributed by atoms with Crippen molar-refractivity contribution in [1.29, 1.82) is 0 Å². The Morgan fingerprint density at radius 1 is 0.854 bits per heavy atom. The highest BCUT2D eigenvalue weighted by Gasteiger charge is 2.28. The molecule has 254 valence electrons. The zero-order valence-electron chi connectivity index (χ0n) is 27.9. The summed E-state index contributed by atoms with van der Waals surface area (Å²) < 4.78 is 37.6. The van der Waals surface area contributed by atoms with Crippen molar-refractivity contribution >= 4 is 11.8 Å². The largest absolute Gasteiger partial charge is 0.444 e. The quantitative estimate of drug-likeness (QED) is 0.250. The first-order valence-corrected chi connectivity index (χ1v) is 16.2. The number of ether oxygens (including phenoxy) is 1. The minimum atomic E-state index is -0.824. The van der Waals surface area contributed by atoms with E-state index in [0.717, 1.165) is 29.7 Å². The van der Waals surface area contributed by atoms with Crippen LogP contribution >= 0.6 is 0 Å². The van der Waals surface area contributed by atoms with Gasteiger partial charge in [-0.25, -0.2) is 18.4 Å². The Morgan fingerprint density at radius 3 is 2.06 bits per heavy atom. The lowest BCUT2D eigenvalue weighted by molar-refractivity contribution is 0.0497. The summed E-state index contributed by atoms with van der Waals surface area (Å²) in [5.74, 6) is -1.58. The van der Waals surface area contributed by atoms with Crippen molar-refractivity contribution in [2.24, 2.45) is 0 Å². The minimum absolute atomic E-state index is 0.231. The average molecular weight is 660 g/mol. The minimum Gasteiger partial charge on any atom is -0.444 e. The molecule has 1 aliphatic rings. The van der Waals surface area contributed by atoms with Crippen LogP contribution in [0.3, 0.4) is 0 Å². The van der Waals surface area contributed by atoms with Crippen LogP contribution in [0.5, 0.6) is 0 Å². The molecule has 1 aromatic heterocycles. The second kappa shape index (κ2) is 15.0. The molecule has 1 unspecified atom stereocenters. The molecule has 0 radical (unpaired) electrons. The molecule has 48 heavy (non-hydrogen) atoms. The number of hydrogen-bond acceptors (Lipinski definition) is 6. The summed E-state index contributed by atoms with van der Waals surface area (Å²) in [6.45, 7) is 9.51. The summed E-state index contributed by atoms with van der Waals surface area (Å²) in [7, 11) is 0. The lowest BCUT2D eigenvalue weighted by atomic mass is 10.1. The molecule has 1 aliphatic heterocycles. The number of rotatable bonds is 10. The van der Waals surface area contributed by atoms with Crippen LogP contribution in [-0.4, -0.2) is 58.5 Å². The third-order valence-electron chi connectivity index (χ3n) is 8.54. The highest BCUT2D eigenvalue weighted by Crippen LogP contribution is 2.21. The number of benzene rings is 3. The van der Waals surface area contributed by atoms with Crippen LogP contribution in [0.15, 0.2) is 88.5 Å². The van der Waals surface area contributed by atoms with E-state index < -0.39 is 47.2 Å². The van der Waals surface area contributed by atoms with Crippen molar-refractivity contribution < 1.29 is 18.3 Å². The molecule has 0 saturated carbocycles. The van der Waals surface area contributed by atoms with Crippen LogP contribution < -0.4 is 21.5 Å². The molecule has 1 N–H and O–H groups in total. The molecule has 1 atom stereocenters. The van der Waals surface area contributed by atoms with E-state index in [2.05, 4.69) is 22.3 Å². The van der Waals surface area contributed by atoms with Crippen LogP contribution in [-0.2, 0) is 24.2 Å². The molecule has 1 fully saturated rings. The third-order valence-corrected chi connectivity index (χ3v) is 8.54. The highest BCUT2D eigenvalue weighted by atomic mass is 19.1. The molecule has 1 saturated heterocycles. The van der Waals surface area contributed by atoms with E-state index in [1.54, 1.807) is 52.0 Å². The van der Waals surface area contributed by atoms with Crippen LogP contribution in [0.4, 0.5) is 19.3 Å². The van der Waals surface area contributed by atoms with Gasteiger partial charge < -0.3 is 15.0 Å². The highest BCUT2D eigenvalue weighted by molar-refractivity contribution is 5.68. The number of nitrogens with one attached hydrogen (secondary N) is 1. The van der Waals surface area contributed by atoms with Crippen LogP contribution in [0, 0.1) is 18.6 Å². The van der Waals surface area contributed by atoms with Gasteiger partial charge in [0, 0.05) is 44.0 Å². The van der Waals surface area contributed by atoms with Gasteiger partial charge in [-0.2, -0.15) is 0 Å². The van der Waals surface area contributed by atoms with Gasteiger partial charge in [0.15, 0.2) is 0 Å². The Bertz CT molecular complexity index is 1810. The maximum atomic E-state index is 14.9. The predicted molar refractivity (Wildman–Crippen MR) is 183 cm³/mol. The molecule has 0 bridgehead atoms. The predicted octanol–water partition coefficient (Wildman–Crippen LogP) is 5.28. The monoisotopic (exact) mass is 659 g/mol. The van der Waals surface area contributed by atoms with Gasteiger partial charge in [-0.3, -0.25) is 18.8 Å². The Kier molecular flexibility index (Phi) is 10.8. The summed E-state index contributed by atoms with van der Waals surface area (Å²) >= 11 is 0. The number of aromatic nitrogens is 2. The molecule has 0 spiro atoms. The Morgan fingerprint density at radius 2 is 1.46 bits per heavy atom. The zero-order valence-corrected chi connectivity index (χ0v) is 27.9. The van der Waals surface area contributed by atoms with Gasteiger partial charge in [0.2, 0.25) is 0 Å². The molecule has 1 amide bonds. The number of carbonyl (C=O) groups is 1. The van der Waals surface area contributed by atoms with E-state index >= 15 is 0 Å². The molecule has 11 heteroatoms. The normalized spacial score (nSPS) is 14.5. The van der Waals surface area contributed by atoms with E-state index in [0.29, 0.717) is 37.4 Å². The maximum absolute atomic E-state index is 14.9. The number of alkyl carbamates (subject to hydrolysis) is 1. The van der Waals surface area contributed by atoms with Crippen molar-refractivity contribution in [3.63, 3.8) is 0 Å². The van der Waals surface area contributed by atoms with Crippen molar-refractivity contribution in [3.8, 4) is 0 Å². The second-order valence-electron chi connectivity index (χ2n) is 13.1. The molecule has 3 aromatic carbocycles. The van der Waals surface area contributed by atoms with Gasteiger partial charge in [-0.05, 0) is 57.4 Å². The third kappa shape index (κ3) is 8.38. The molecular formula is C37H43F2N5O4. The van der Waals surface area contributed by atoms with Gasteiger partial charge in [0.1, 0.15) is 22.9 Å². The Balaban J connectivity index is 1.51. The van der Waals surface area contributed by atoms with Crippen LogP contribution in [0.1, 0.15) is 49.2 Å². The van der Waals surface area contributed by atoms with Crippen molar-refractivity contribution in [2.75, 3.05) is 37.6 Å². The number of hydrogen-bond donors (Lipinski definition) is 1. The van der Waals surface area contributed by atoms with E-state index in [1.165, 1.54) is 16.2 Å². The lowest BCUT2D eigenvalue weighted by Gasteiger charge is -2.37. The number of carbonyl (C=O) groups excluding carboxylic acids is 1. The van der Waals surface area contributed by atoms with E-state index in [1.807, 2.05) is 29.2 Å². The molecule has 9 nitrogen and oxygen atoms in total.